The van der Waals surface area contributed by atoms with Crippen LogP contribution in [0, 0.1) is 0 Å². The Balaban J connectivity index is 0.00000506. The molecular formula is C34H39Cl2NO4SSi. The van der Waals surface area contributed by atoms with E-state index in [4.69, 9.17) is 27.6 Å². The number of anilines is 1. The van der Waals surface area contributed by atoms with Crippen molar-refractivity contribution in [3.8, 4) is 10.4 Å². The maximum absolute atomic E-state index is 14.5. The predicted molar refractivity (Wildman–Crippen MR) is 184 cm³/mol. The summed E-state index contributed by atoms with van der Waals surface area (Å²) in [6.45, 7) is 12.7. The molecule has 0 aliphatic rings. The van der Waals surface area contributed by atoms with Gasteiger partial charge in [0, 0.05) is 9.90 Å². The highest BCUT2D eigenvalue weighted by Gasteiger charge is 2.43. The maximum atomic E-state index is 14.5. The number of amides is 1. The molecule has 1 amide bonds. The molecule has 0 saturated heterocycles. The highest BCUT2D eigenvalue weighted by molar-refractivity contribution is 7.18. The van der Waals surface area contributed by atoms with Gasteiger partial charge in [-0.3, -0.25) is 4.79 Å². The lowest BCUT2D eigenvalue weighted by Gasteiger charge is -2.43. The van der Waals surface area contributed by atoms with E-state index in [9.17, 15) is 14.7 Å². The molecule has 0 spiro atoms. The van der Waals surface area contributed by atoms with Gasteiger partial charge in [-0.15, -0.1) is 11.3 Å². The number of halogens is 2. The fourth-order valence-corrected chi connectivity index (χ4v) is 7.29. The minimum absolute atomic E-state index is 0. The van der Waals surface area contributed by atoms with Crippen LogP contribution < -0.4 is 4.90 Å². The molecule has 1 aromatic heterocycles. The average molecular weight is 657 g/mol. The number of benzene rings is 3. The lowest BCUT2D eigenvalue weighted by atomic mass is 10.0. The lowest BCUT2D eigenvalue weighted by molar-refractivity contribution is 0.0702. The minimum atomic E-state index is -2.37. The Morgan fingerprint density at radius 1 is 0.930 bits per heavy atom. The van der Waals surface area contributed by atoms with E-state index in [0.717, 1.165) is 27.3 Å². The molecule has 0 aliphatic heterocycles. The van der Waals surface area contributed by atoms with E-state index < -0.39 is 32.3 Å². The molecule has 228 valence electrons. The summed E-state index contributed by atoms with van der Waals surface area (Å²) in [5, 5.41) is 10.8. The number of hydrogen-bond acceptors (Lipinski definition) is 4. The number of nitrogens with zero attached hydrogens (tertiary/aromatic N) is 1. The average Bonchev–Trinajstić information content (AvgIpc) is 3.37. The molecule has 0 fully saturated rings. The quantitative estimate of drug-likeness (QED) is 0.182. The SMILES string of the molecule is C.CC([C@H](O[Si](C)(C)C(C)(C)C)c1ccccc1)N(C(=O)c1ccc(Cl)cc1Cl)c1cc(-c2ccccc2)sc1C(=O)O. The van der Waals surface area contributed by atoms with Crippen LogP contribution in [0.2, 0.25) is 28.2 Å². The third-order valence-corrected chi connectivity index (χ3v) is 14.0. The van der Waals surface area contributed by atoms with Gasteiger partial charge in [0.15, 0.2) is 8.32 Å². The summed E-state index contributed by atoms with van der Waals surface area (Å²) in [5.74, 6) is -1.56. The van der Waals surface area contributed by atoms with Gasteiger partial charge < -0.3 is 14.4 Å². The van der Waals surface area contributed by atoms with Gasteiger partial charge in [0.2, 0.25) is 0 Å². The predicted octanol–water partition coefficient (Wildman–Crippen LogP) is 10.9. The third kappa shape index (κ3) is 7.59. The second-order valence-electron chi connectivity index (χ2n) is 11.7. The van der Waals surface area contributed by atoms with Crippen LogP contribution in [0.1, 0.15) is 66.8 Å². The molecule has 3 aromatic carbocycles. The van der Waals surface area contributed by atoms with Gasteiger partial charge in [-0.25, -0.2) is 4.79 Å². The lowest BCUT2D eigenvalue weighted by Crippen LogP contribution is -2.49. The molecule has 43 heavy (non-hydrogen) atoms. The summed E-state index contributed by atoms with van der Waals surface area (Å²) < 4.78 is 7.03. The van der Waals surface area contributed by atoms with E-state index >= 15 is 0 Å². The number of hydrogen-bond donors (Lipinski definition) is 1. The molecule has 2 atom stereocenters. The van der Waals surface area contributed by atoms with Crippen LogP contribution in [0.4, 0.5) is 5.69 Å². The van der Waals surface area contributed by atoms with Gasteiger partial charge >= 0.3 is 5.97 Å². The number of carbonyl (C=O) groups excluding carboxylic acids is 1. The second-order valence-corrected chi connectivity index (χ2v) is 18.4. The Morgan fingerprint density at radius 2 is 1.51 bits per heavy atom. The summed E-state index contributed by atoms with van der Waals surface area (Å²) in [4.78, 5) is 29.5. The van der Waals surface area contributed by atoms with Gasteiger partial charge in [0.25, 0.3) is 5.91 Å². The summed E-state index contributed by atoms with van der Waals surface area (Å²) >= 11 is 13.9. The molecule has 1 N–H and O–H groups in total. The minimum Gasteiger partial charge on any atom is -0.477 e. The summed E-state index contributed by atoms with van der Waals surface area (Å²) in [6, 6.07) is 25.1. The Bertz CT molecular complexity index is 1570. The molecule has 0 saturated carbocycles. The number of aromatic carboxylic acids is 1. The molecule has 4 rings (SSSR count). The van der Waals surface area contributed by atoms with Gasteiger partial charge in [-0.2, -0.15) is 0 Å². The molecule has 4 aromatic rings. The van der Waals surface area contributed by atoms with E-state index in [0.29, 0.717) is 5.02 Å². The fraction of sp³-hybridized carbons (Fsp3) is 0.294. The third-order valence-electron chi connectivity index (χ3n) is 7.81. The van der Waals surface area contributed by atoms with E-state index in [2.05, 4.69) is 33.9 Å². The zero-order valence-electron chi connectivity index (χ0n) is 24.5. The smallest absolute Gasteiger partial charge is 0.348 e. The van der Waals surface area contributed by atoms with Crippen LogP contribution in [0.25, 0.3) is 10.4 Å². The molecule has 5 nitrogen and oxygen atoms in total. The molecule has 0 radical (unpaired) electrons. The topological polar surface area (TPSA) is 66.8 Å². The van der Waals surface area contributed by atoms with E-state index in [1.54, 1.807) is 18.2 Å². The molecule has 1 heterocycles. The standard InChI is InChI=1S/C33H35Cl2NO4SSi.CH4/c1-21(29(23-15-11-8-12-16-23)40-42(5,6)33(2,3)4)36(31(37)25-18-17-24(34)19-26(25)35)27-20-28(41-30(27)32(38)39)22-13-9-7-10-14-22;/h7-21,29H,1-6H3,(H,38,39);1H4/t21?,29-;/m0./s1. The second kappa shape index (κ2) is 13.8. The Morgan fingerprint density at radius 3 is 2.05 bits per heavy atom. The number of carboxylic acids is 1. The normalized spacial score (nSPS) is 13.1. The zero-order valence-corrected chi connectivity index (χ0v) is 27.8. The number of carboxylic acid groups (broad SMARTS) is 1. The van der Waals surface area contributed by atoms with Crippen molar-refractivity contribution in [2.24, 2.45) is 0 Å². The largest absolute Gasteiger partial charge is 0.477 e. The highest BCUT2D eigenvalue weighted by atomic mass is 35.5. The van der Waals surface area contributed by atoms with Gasteiger partial charge in [0.05, 0.1) is 28.4 Å². The Labute approximate surface area is 270 Å². The van der Waals surface area contributed by atoms with Gasteiger partial charge in [-0.05, 0) is 60.4 Å². The van der Waals surface area contributed by atoms with Crippen molar-refractivity contribution < 1.29 is 19.1 Å². The van der Waals surface area contributed by atoms with E-state index in [1.807, 2.05) is 67.6 Å². The van der Waals surface area contributed by atoms with Crippen molar-refractivity contribution in [3.63, 3.8) is 0 Å². The number of carbonyl (C=O) groups is 2. The van der Waals surface area contributed by atoms with Crippen LogP contribution >= 0.6 is 34.5 Å². The van der Waals surface area contributed by atoms with Crippen LogP contribution in [0.3, 0.4) is 0 Å². The van der Waals surface area contributed by atoms with Gasteiger partial charge in [0.1, 0.15) is 4.88 Å². The first-order valence-corrected chi connectivity index (χ1v) is 18.1. The fourth-order valence-electron chi connectivity index (χ4n) is 4.48. The van der Waals surface area contributed by atoms with Gasteiger partial charge in [-0.1, -0.05) is 112 Å². The summed E-state index contributed by atoms with van der Waals surface area (Å²) in [7, 11) is -2.37. The Hall–Kier alpha value is -2.94. The van der Waals surface area contributed by atoms with Crippen molar-refractivity contribution in [1.29, 1.82) is 0 Å². The monoisotopic (exact) mass is 655 g/mol. The van der Waals surface area contributed by atoms with Crippen molar-refractivity contribution in [2.45, 2.75) is 65.4 Å². The number of thiophene rings is 1. The molecule has 9 heteroatoms. The van der Waals surface area contributed by atoms with Crippen LogP contribution in [0.5, 0.6) is 0 Å². The van der Waals surface area contributed by atoms with Crippen LogP contribution in [-0.4, -0.2) is 31.3 Å². The van der Waals surface area contributed by atoms with Crippen molar-refractivity contribution in [2.75, 3.05) is 4.90 Å². The highest BCUT2D eigenvalue weighted by Crippen LogP contribution is 2.44. The molecular weight excluding hydrogens is 617 g/mol. The maximum Gasteiger partial charge on any atom is 0.348 e. The first-order chi connectivity index (χ1) is 19.7. The van der Waals surface area contributed by atoms with E-state index in [-0.39, 0.29) is 33.6 Å². The van der Waals surface area contributed by atoms with Crippen LogP contribution in [0.15, 0.2) is 84.9 Å². The molecule has 0 bridgehead atoms. The first kappa shape index (κ1) is 34.5. The molecule has 1 unspecified atom stereocenters. The number of rotatable bonds is 9. The summed E-state index contributed by atoms with van der Waals surface area (Å²) in [5.41, 5.74) is 2.26. The summed E-state index contributed by atoms with van der Waals surface area (Å²) in [6.07, 6.45) is -0.552. The zero-order chi connectivity index (χ0) is 30.8. The van der Waals surface area contributed by atoms with Crippen molar-refractivity contribution in [1.82, 2.24) is 0 Å². The first-order valence-electron chi connectivity index (χ1n) is 13.6. The molecule has 0 aliphatic carbocycles. The van der Waals surface area contributed by atoms with E-state index in [1.165, 1.54) is 11.0 Å². The van der Waals surface area contributed by atoms with Crippen molar-refractivity contribution in [3.05, 3.63) is 111 Å². The van der Waals surface area contributed by atoms with Crippen LogP contribution in [-0.2, 0) is 4.43 Å². The Kier molecular flexibility index (Phi) is 11.1. The van der Waals surface area contributed by atoms with Crippen molar-refractivity contribution >= 4 is 60.4 Å².